The highest BCUT2D eigenvalue weighted by Gasteiger charge is 2.18. The van der Waals surface area contributed by atoms with Crippen LogP contribution in [-0.2, 0) is 11.3 Å². The van der Waals surface area contributed by atoms with E-state index in [1.165, 1.54) is 4.68 Å². The van der Waals surface area contributed by atoms with Gasteiger partial charge in [0.2, 0.25) is 0 Å². The summed E-state index contributed by atoms with van der Waals surface area (Å²) in [6.45, 7) is 4.04. The number of aromatic nitrogens is 4. The summed E-state index contributed by atoms with van der Waals surface area (Å²) >= 11 is 0. The van der Waals surface area contributed by atoms with E-state index in [0.717, 1.165) is 25.7 Å². The molecule has 0 fully saturated rings. The third-order valence-corrected chi connectivity index (χ3v) is 2.61. The Hall–Kier alpha value is -1.46. The summed E-state index contributed by atoms with van der Waals surface area (Å²) < 4.78 is 1.38. The lowest BCUT2D eigenvalue weighted by atomic mass is 9.98. The quantitative estimate of drug-likeness (QED) is 0.760. The summed E-state index contributed by atoms with van der Waals surface area (Å²) in [4.78, 5) is 10.6. The molecule has 6 heteroatoms. The van der Waals surface area contributed by atoms with E-state index in [1.54, 1.807) is 0 Å². The van der Waals surface area contributed by atoms with Gasteiger partial charge in [-0.15, -0.1) is 5.10 Å². The maximum atomic E-state index is 10.6. The van der Waals surface area contributed by atoms with Crippen molar-refractivity contribution in [3.63, 3.8) is 0 Å². The number of carboxylic acids is 1. The van der Waals surface area contributed by atoms with Crippen molar-refractivity contribution in [3.8, 4) is 0 Å². The van der Waals surface area contributed by atoms with Crippen LogP contribution in [0.5, 0.6) is 0 Å². The summed E-state index contributed by atoms with van der Waals surface area (Å²) in [7, 11) is 0. The topological polar surface area (TPSA) is 80.9 Å². The average molecular weight is 226 g/mol. The van der Waals surface area contributed by atoms with Crippen molar-refractivity contribution < 1.29 is 9.90 Å². The van der Waals surface area contributed by atoms with Gasteiger partial charge in [-0.1, -0.05) is 26.7 Å². The van der Waals surface area contributed by atoms with Gasteiger partial charge in [-0.2, -0.15) is 0 Å². The monoisotopic (exact) mass is 226 g/mol. The Kier molecular flexibility index (Phi) is 4.88. The first-order valence-electron chi connectivity index (χ1n) is 5.66. The van der Waals surface area contributed by atoms with E-state index in [2.05, 4.69) is 29.4 Å². The summed E-state index contributed by atoms with van der Waals surface area (Å²) in [5.41, 5.74) is 0. The molecule has 0 saturated carbocycles. The molecule has 0 aliphatic rings. The number of carbonyl (C=O) groups is 1. The molecule has 0 aromatic carbocycles. The number of rotatable bonds is 7. The molecular formula is C10H18N4O2. The minimum absolute atomic E-state index is 0.162. The molecule has 0 spiro atoms. The Morgan fingerprint density at radius 1 is 1.50 bits per heavy atom. The van der Waals surface area contributed by atoms with Gasteiger partial charge in [0.05, 0.1) is 0 Å². The summed E-state index contributed by atoms with van der Waals surface area (Å²) in [6, 6.07) is 0. The summed E-state index contributed by atoms with van der Waals surface area (Å²) in [5.74, 6) is 0.0338. The standard InChI is InChI=1S/C10H18N4O2/c1-3-5-6-8(4-2)10-11-12-13-14(10)7-9(15)16/h8H,3-7H2,1-2H3,(H,15,16). The first-order valence-corrected chi connectivity index (χ1v) is 5.66. The molecule has 1 aromatic heterocycles. The lowest BCUT2D eigenvalue weighted by Crippen LogP contribution is -2.16. The molecule has 0 aliphatic heterocycles. The van der Waals surface area contributed by atoms with Crippen LogP contribution in [-0.4, -0.2) is 31.3 Å². The van der Waals surface area contributed by atoms with Crippen molar-refractivity contribution in [2.75, 3.05) is 0 Å². The molecule has 1 N–H and O–H groups in total. The molecule has 0 bridgehead atoms. The molecule has 16 heavy (non-hydrogen) atoms. The van der Waals surface area contributed by atoms with E-state index in [9.17, 15) is 4.79 Å². The Morgan fingerprint density at radius 3 is 2.81 bits per heavy atom. The van der Waals surface area contributed by atoms with Gasteiger partial charge in [-0.25, -0.2) is 4.68 Å². The van der Waals surface area contributed by atoms with Crippen LogP contribution in [0.1, 0.15) is 51.3 Å². The Balaban J connectivity index is 2.75. The van der Waals surface area contributed by atoms with Crippen molar-refractivity contribution in [2.45, 2.75) is 52.0 Å². The molecule has 90 valence electrons. The van der Waals surface area contributed by atoms with Crippen LogP contribution in [0.15, 0.2) is 0 Å². The Bertz CT molecular complexity index is 337. The van der Waals surface area contributed by atoms with Crippen molar-refractivity contribution in [1.82, 2.24) is 20.2 Å². The van der Waals surface area contributed by atoms with Crippen molar-refractivity contribution >= 4 is 5.97 Å². The second kappa shape index (κ2) is 6.19. The molecule has 6 nitrogen and oxygen atoms in total. The highest BCUT2D eigenvalue weighted by Crippen LogP contribution is 2.22. The van der Waals surface area contributed by atoms with Crippen LogP contribution in [0.25, 0.3) is 0 Å². The van der Waals surface area contributed by atoms with Crippen LogP contribution in [0, 0.1) is 0 Å². The molecule has 1 rings (SSSR count). The average Bonchev–Trinajstić information content (AvgIpc) is 2.67. The summed E-state index contributed by atoms with van der Waals surface area (Å²) in [5, 5.41) is 19.9. The Morgan fingerprint density at radius 2 is 2.25 bits per heavy atom. The SMILES string of the molecule is CCCCC(CC)c1nnnn1CC(=O)O. The molecule has 1 unspecified atom stereocenters. The van der Waals surface area contributed by atoms with E-state index < -0.39 is 5.97 Å². The van der Waals surface area contributed by atoms with Gasteiger partial charge in [0, 0.05) is 5.92 Å². The molecule has 1 atom stereocenters. The fraction of sp³-hybridized carbons (Fsp3) is 0.800. The fourth-order valence-electron chi connectivity index (χ4n) is 1.71. The van der Waals surface area contributed by atoms with Gasteiger partial charge in [0.15, 0.2) is 5.82 Å². The normalized spacial score (nSPS) is 12.6. The van der Waals surface area contributed by atoms with Crippen LogP contribution >= 0.6 is 0 Å². The van der Waals surface area contributed by atoms with Gasteiger partial charge >= 0.3 is 5.97 Å². The van der Waals surface area contributed by atoms with E-state index >= 15 is 0 Å². The highest BCUT2D eigenvalue weighted by molar-refractivity contribution is 5.66. The molecule has 0 radical (unpaired) electrons. The number of unbranched alkanes of at least 4 members (excludes halogenated alkanes) is 1. The molecule has 1 heterocycles. The molecule has 0 saturated heterocycles. The van der Waals surface area contributed by atoms with Gasteiger partial charge in [-0.3, -0.25) is 4.79 Å². The van der Waals surface area contributed by atoms with E-state index in [-0.39, 0.29) is 12.5 Å². The zero-order valence-corrected chi connectivity index (χ0v) is 9.76. The predicted octanol–water partition coefficient (Wildman–Crippen LogP) is 1.44. The third-order valence-electron chi connectivity index (χ3n) is 2.61. The number of nitrogens with zero attached hydrogens (tertiary/aromatic N) is 4. The van der Waals surface area contributed by atoms with Crippen molar-refractivity contribution in [2.24, 2.45) is 0 Å². The maximum absolute atomic E-state index is 10.6. The fourth-order valence-corrected chi connectivity index (χ4v) is 1.71. The zero-order valence-electron chi connectivity index (χ0n) is 9.76. The zero-order chi connectivity index (χ0) is 12.0. The third kappa shape index (κ3) is 3.29. The van der Waals surface area contributed by atoms with Crippen LogP contribution < -0.4 is 0 Å². The predicted molar refractivity (Wildman–Crippen MR) is 58.0 cm³/mol. The minimum Gasteiger partial charge on any atom is -0.480 e. The van der Waals surface area contributed by atoms with E-state index in [4.69, 9.17) is 5.11 Å². The number of hydrogen-bond donors (Lipinski definition) is 1. The number of aliphatic carboxylic acids is 1. The molecular weight excluding hydrogens is 208 g/mol. The molecule has 0 amide bonds. The molecule has 1 aromatic rings. The van der Waals surface area contributed by atoms with Crippen molar-refractivity contribution in [1.29, 1.82) is 0 Å². The smallest absolute Gasteiger partial charge is 0.325 e. The second-order valence-electron chi connectivity index (χ2n) is 3.84. The van der Waals surface area contributed by atoms with Gasteiger partial charge < -0.3 is 5.11 Å². The number of hydrogen-bond acceptors (Lipinski definition) is 4. The van der Waals surface area contributed by atoms with Crippen LogP contribution in [0.4, 0.5) is 0 Å². The lowest BCUT2D eigenvalue weighted by Gasteiger charge is -2.12. The largest absolute Gasteiger partial charge is 0.480 e. The van der Waals surface area contributed by atoms with Crippen LogP contribution in [0.3, 0.4) is 0 Å². The van der Waals surface area contributed by atoms with Gasteiger partial charge in [0.1, 0.15) is 6.54 Å². The highest BCUT2D eigenvalue weighted by atomic mass is 16.4. The van der Waals surface area contributed by atoms with Crippen molar-refractivity contribution in [3.05, 3.63) is 5.82 Å². The molecule has 0 aliphatic carbocycles. The van der Waals surface area contributed by atoms with Gasteiger partial charge in [-0.05, 0) is 23.3 Å². The number of carboxylic acid groups (broad SMARTS) is 1. The summed E-state index contributed by atoms with van der Waals surface area (Å²) in [6.07, 6.45) is 4.17. The second-order valence-corrected chi connectivity index (χ2v) is 3.84. The maximum Gasteiger partial charge on any atom is 0.325 e. The van der Waals surface area contributed by atoms with E-state index in [0.29, 0.717) is 5.82 Å². The number of tetrazole rings is 1. The first-order chi connectivity index (χ1) is 7.69. The lowest BCUT2D eigenvalue weighted by molar-refractivity contribution is -0.138. The van der Waals surface area contributed by atoms with Crippen LogP contribution in [0.2, 0.25) is 0 Å². The first kappa shape index (κ1) is 12.6. The minimum atomic E-state index is -0.918. The van der Waals surface area contributed by atoms with E-state index in [1.807, 2.05) is 0 Å². The Labute approximate surface area is 94.7 Å². The van der Waals surface area contributed by atoms with Gasteiger partial charge in [0.25, 0.3) is 0 Å².